The predicted octanol–water partition coefficient (Wildman–Crippen LogP) is 4.78. The molecule has 0 nitrogen and oxygen atoms in total. The van der Waals surface area contributed by atoms with Crippen molar-refractivity contribution < 1.29 is 0 Å². The molecular weight excluding hydrogens is 350 g/mol. The van der Waals surface area contributed by atoms with Gasteiger partial charge < -0.3 is 0 Å². The van der Waals surface area contributed by atoms with Gasteiger partial charge in [0.05, 0.1) is 0 Å². The molecule has 2 aromatic carbocycles. The average molecular weight is 378 g/mol. The van der Waals surface area contributed by atoms with Crippen molar-refractivity contribution in [1.82, 2.24) is 0 Å². The van der Waals surface area contributed by atoms with E-state index in [-0.39, 0.29) is 0 Å². The van der Waals surface area contributed by atoms with Crippen molar-refractivity contribution >= 4 is 50.1 Å². The average Bonchev–Trinajstić information content (AvgIpc) is 2.65. The summed E-state index contributed by atoms with van der Waals surface area (Å²) in [6.45, 7) is 2.28. The molecule has 0 fully saturated rings. The lowest BCUT2D eigenvalue weighted by Crippen LogP contribution is -2.17. The lowest BCUT2D eigenvalue weighted by atomic mass is 9.84. The van der Waals surface area contributed by atoms with Crippen LogP contribution in [0.1, 0.15) is 50.2 Å². The smallest absolute Gasteiger partial charge is 0.114 e. The van der Waals surface area contributed by atoms with Crippen LogP contribution in [0.4, 0.5) is 0 Å². The van der Waals surface area contributed by atoms with Crippen molar-refractivity contribution in [1.29, 1.82) is 0 Å². The van der Waals surface area contributed by atoms with E-state index in [2.05, 4.69) is 55.1 Å². The fourth-order valence-electron chi connectivity index (χ4n) is 2.86. The highest BCUT2D eigenvalue weighted by molar-refractivity contribution is 7.99. The Labute approximate surface area is 171 Å². The van der Waals surface area contributed by atoms with E-state index in [1.807, 2.05) is 23.9 Å². The van der Waals surface area contributed by atoms with Crippen LogP contribution in [0, 0.1) is 0 Å². The van der Waals surface area contributed by atoms with Crippen LogP contribution in [-0.2, 0) is 11.5 Å². The van der Waals surface area contributed by atoms with Gasteiger partial charge in [-0.3, -0.25) is 0 Å². The second-order valence-corrected chi connectivity index (χ2v) is 9.11. The molecule has 0 aromatic heterocycles. The molecule has 0 aliphatic heterocycles. The SMILES string of the molecule is [B]c1ccc(CSCCC(CCCCC)SCc2ccccc2)c([B])c1. The number of hydrogen-bond acceptors (Lipinski definition) is 2. The van der Waals surface area contributed by atoms with Crippen LogP contribution in [0.5, 0.6) is 0 Å². The van der Waals surface area contributed by atoms with E-state index >= 15 is 0 Å². The standard InChI is InChI=1S/C22H28B2S2/c1-2-3-5-10-21(26-16-18-8-6-4-7-9-18)13-14-25-17-19-11-12-20(23)15-22(19)24/h4,6-9,11-12,15,21H,2-3,5,10,13-14,16-17H2,1H3. The first kappa shape index (κ1) is 21.6. The molecule has 26 heavy (non-hydrogen) atoms. The van der Waals surface area contributed by atoms with Gasteiger partial charge in [0.2, 0.25) is 0 Å². The Morgan fingerprint density at radius 1 is 0.923 bits per heavy atom. The molecule has 0 saturated carbocycles. The summed E-state index contributed by atoms with van der Waals surface area (Å²) >= 11 is 4.10. The van der Waals surface area contributed by atoms with Gasteiger partial charge in [-0.2, -0.15) is 23.5 Å². The van der Waals surface area contributed by atoms with Crippen molar-refractivity contribution in [2.24, 2.45) is 0 Å². The summed E-state index contributed by atoms with van der Waals surface area (Å²) in [5.74, 6) is 3.27. The van der Waals surface area contributed by atoms with Crippen LogP contribution >= 0.6 is 23.5 Å². The zero-order chi connectivity index (χ0) is 18.6. The Hall–Kier alpha value is -0.730. The van der Waals surface area contributed by atoms with Crippen molar-refractivity contribution in [2.45, 2.75) is 55.8 Å². The van der Waals surface area contributed by atoms with Gasteiger partial charge in [-0.05, 0) is 29.7 Å². The molecule has 0 bridgehead atoms. The molecule has 134 valence electrons. The van der Waals surface area contributed by atoms with Gasteiger partial charge in [-0.15, -0.1) is 0 Å². The molecular formula is C22H28B2S2. The van der Waals surface area contributed by atoms with Crippen LogP contribution in [0.15, 0.2) is 48.5 Å². The second kappa shape index (κ2) is 12.6. The summed E-state index contributed by atoms with van der Waals surface area (Å²) in [6, 6.07) is 16.7. The molecule has 0 saturated heterocycles. The first-order valence-electron chi connectivity index (χ1n) is 9.56. The molecule has 0 N–H and O–H groups in total. The molecule has 4 radical (unpaired) electrons. The predicted molar refractivity (Wildman–Crippen MR) is 124 cm³/mol. The van der Waals surface area contributed by atoms with Crippen molar-refractivity contribution in [3.63, 3.8) is 0 Å². The Morgan fingerprint density at radius 3 is 2.46 bits per heavy atom. The molecule has 1 unspecified atom stereocenters. The van der Waals surface area contributed by atoms with Gasteiger partial charge in [-0.25, -0.2) is 0 Å². The summed E-state index contributed by atoms with van der Waals surface area (Å²) in [5, 5.41) is 0.748. The Balaban J connectivity index is 1.75. The maximum absolute atomic E-state index is 6.06. The largest absolute Gasteiger partial charge is 0.157 e. The van der Waals surface area contributed by atoms with Crippen LogP contribution in [0.25, 0.3) is 0 Å². The summed E-state index contributed by atoms with van der Waals surface area (Å²) < 4.78 is 0. The Bertz CT molecular complexity index is 631. The molecule has 2 aromatic rings. The maximum Gasteiger partial charge on any atom is 0.114 e. The lowest BCUT2D eigenvalue weighted by molar-refractivity contribution is 0.637. The molecule has 0 spiro atoms. The molecule has 0 amide bonds. The van der Waals surface area contributed by atoms with Crippen molar-refractivity contribution in [2.75, 3.05) is 5.75 Å². The molecule has 1 atom stereocenters. The Morgan fingerprint density at radius 2 is 1.73 bits per heavy atom. The lowest BCUT2D eigenvalue weighted by Gasteiger charge is -2.17. The quantitative estimate of drug-likeness (QED) is 0.385. The fourth-order valence-corrected chi connectivity index (χ4v) is 5.33. The van der Waals surface area contributed by atoms with E-state index in [9.17, 15) is 0 Å². The third-order valence-corrected chi connectivity index (χ3v) is 6.95. The number of hydrogen-bond donors (Lipinski definition) is 0. The number of thioether (sulfide) groups is 2. The fraction of sp³-hybridized carbons (Fsp3) is 0.455. The third kappa shape index (κ3) is 8.31. The minimum absolute atomic E-state index is 0.740. The zero-order valence-electron chi connectivity index (χ0n) is 15.8. The number of rotatable bonds is 12. The van der Waals surface area contributed by atoms with Crippen molar-refractivity contribution in [3.8, 4) is 0 Å². The van der Waals surface area contributed by atoms with E-state index in [0.717, 1.165) is 27.7 Å². The summed E-state index contributed by atoms with van der Waals surface area (Å²) in [4.78, 5) is 0. The minimum atomic E-state index is 0.740. The first-order valence-corrected chi connectivity index (χ1v) is 11.8. The van der Waals surface area contributed by atoms with Gasteiger partial charge in [0, 0.05) is 16.8 Å². The molecule has 4 heteroatoms. The highest BCUT2D eigenvalue weighted by Gasteiger charge is 2.10. The van der Waals surface area contributed by atoms with Crippen LogP contribution in [0.3, 0.4) is 0 Å². The molecule has 2 rings (SSSR count). The van der Waals surface area contributed by atoms with E-state index in [1.54, 1.807) is 0 Å². The van der Waals surface area contributed by atoms with E-state index in [1.165, 1.54) is 49.0 Å². The van der Waals surface area contributed by atoms with E-state index < -0.39 is 0 Å². The monoisotopic (exact) mass is 378 g/mol. The van der Waals surface area contributed by atoms with Crippen molar-refractivity contribution in [3.05, 3.63) is 59.7 Å². The van der Waals surface area contributed by atoms with Crippen LogP contribution in [0.2, 0.25) is 0 Å². The van der Waals surface area contributed by atoms with Gasteiger partial charge in [0.1, 0.15) is 15.7 Å². The van der Waals surface area contributed by atoms with Gasteiger partial charge in [0.25, 0.3) is 0 Å². The number of unbranched alkanes of at least 4 members (excludes halogenated alkanes) is 2. The second-order valence-electron chi connectivity index (χ2n) is 6.71. The van der Waals surface area contributed by atoms with Crippen LogP contribution in [-0.4, -0.2) is 26.7 Å². The topological polar surface area (TPSA) is 0 Å². The normalized spacial score (nSPS) is 12.2. The molecule has 0 heterocycles. The van der Waals surface area contributed by atoms with Gasteiger partial charge >= 0.3 is 0 Å². The Kier molecular flexibility index (Phi) is 10.5. The maximum atomic E-state index is 6.06. The van der Waals surface area contributed by atoms with E-state index in [4.69, 9.17) is 15.7 Å². The molecule has 0 aliphatic rings. The molecule has 0 aliphatic carbocycles. The first-order chi connectivity index (χ1) is 12.7. The summed E-state index contributed by atoms with van der Waals surface area (Å²) in [5.41, 5.74) is 4.18. The zero-order valence-corrected chi connectivity index (χ0v) is 17.5. The third-order valence-electron chi connectivity index (χ3n) is 4.47. The summed E-state index contributed by atoms with van der Waals surface area (Å²) in [7, 11) is 11.8. The summed E-state index contributed by atoms with van der Waals surface area (Å²) in [6.07, 6.45) is 6.58. The minimum Gasteiger partial charge on any atom is -0.157 e. The number of benzene rings is 2. The van der Waals surface area contributed by atoms with Gasteiger partial charge in [-0.1, -0.05) is 85.6 Å². The van der Waals surface area contributed by atoms with Crippen LogP contribution < -0.4 is 10.9 Å². The highest BCUT2D eigenvalue weighted by atomic mass is 32.2. The van der Waals surface area contributed by atoms with Gasteiger partial charge in [0.15, 0.2) is 0 Å². The van der Waals surface area contributed by atoms with E-state index in [0.29, 0.717) is 0 Å². The highest BCUT2D eigenvalue weighted by Crippen LogP contribution is 2.27.